The van der Waals surface area contributed by atoms with Crippen LogP contribution in [0.25, 0.3) is 0 Å². The van der Waals surface area contributed by atoms with Gasteiger partial charge in [0.25, 0.3) is 0 Å². The van der Waals surface area contributed by atoms with Gasteiger partial charge in [-0.15, -0.1) is 0 Å². The van der Waals surface area contributed by atoms with Crippen LogP contribution in [0, 0.1) is 5.92 Å². The molecule has 0 amide bonds. The Morgan fingerprint density at radius 1 is 0.700 bits per heavy atom. The van der Waals surface area contributed by atoms with Gasteiger partial charge in [-0.05, 0) is 90.0 Å². The average Bonchev–Trinajstić information content (AvgIpc) is 3.18. The number of likely N-dealkylation sites (tertiary alicyclic amines) is 1. The molecule has 4 fully saturated rings. The van der Waals surface area contributed by atoms with Crippen LogP contribution in [0.2, 0.25) is 0 Å². The molecule has 4 aliphatic rings. The summed E-state index contributed by atoms with van der Waals surface area (Å²) in [6, 6.07) is 2.70. The first-order valence-electron chi connectivity index (χ1n) is 9.11. The summed E-state index contributed by atoms with van der Waals surface area (Å²) >= 11 is 0. The van der Waals surface area contributed by atoms with Crippen LogP contribution in [0.1, 0.15) is 51.4 Å². The first-order chi connectivity index (χ1) is 9.90. The summed E-state index contributed by atoms with van der Waals surface area (Å²) in [5.41, 5.74) is 0. The lowest BCUT2D eigenvalue weighted by atomic mass is 9.86. The first kappa shape index (κ1) is 13.5. The molecule has 3 heteroatoms. The molecule has 3 nitrogen and oxygen atoms in total. The van der Waals surface area contributed by atoms with Gasteiger partial charge in [-0.1, -0.05) is 0 Å². The fourth-order valence-electron chi connectivity index (χ4n) is 5.34. The quantitative estimate of drug-likeness (QED) is 0.834. The van der Waals surface area contributed by atoms with Crippen molar-refractivity contribution in [3.8, 4) is 0 Å². The summed E-state index contributed by atoms with van der Waals surface area (Å²) < 4.78 is 0. The number of fused-ring (bicyclic) bond motifs is 1. The van der Waals surface area contributed by atoms with Gasteiger partial charge in [0.15, 0.2) is 0 Å². The maximum absolute atomic E-state index is 3.73. The Morgan fingerprint density at radius 3 is 2.25 bits per heavy atom. The summed E-state index contributed by atoms with van der Waals surface area (Å²) in [7, 11) is 0. The van der Waals surface area contributed by atoms with Crippen LogP contribution in [0.4, 0.5) is 0 Å². The number of rotatable bonds is 2. The Hall–Kier alpha value is -0.120. The van der Waals surface area contributed by atoms with Gasteiger partial charge in [-0.2, -0.15) is 0 Å². The topological polar surface area (TPSA) is 18.5 Å². The summed E-state index contributed by atoms with van der Waals surface area (Å²) in [6.45, 7) is 6.78. The number of nitrogens with one attached hydrogen (secondary N) is 1. The Balaban J connectivity index is 1.28. The predicted molar refractivity (Wildman–Crippen MR) is 82.9 cm³/mol. The molecule has 0 aromatic heterocycles. The average molecular weight is 277 g/mol. The van der Waals surface area contributed by atoms with Gasteiger partial charge in [-0.25, -0.2) is 0 Å². The molecule has 0 spiro atoms. The zero-order valence-corrected chi connectivity index (χ0v) is 12.9. The van der Waals surface area contributed by atoms with E-state index in [0.717, 1.165) is 24.0 Å². The summed E-state index contributed by atoms with van der Waals surface area (Å²) in [5.74, 6) is 0.973. The van der Waals surface area contributed by atoms with E-state index in [-0.39, 0.29) is 0 Å². The zero-order valence-electron chi connectivity index (χ0n) is 12.9. The lowest BCUT2D eigenvalue weighted by Gasteiger charge is -2.44. The van der Waals surface area contributed by atoms with E-state index in [1.165, 1.54) is 84.1 Å². The van der Waals surface area contributed by atoms with Gasteiger partial charge in [0.1, 0.15) is 0 Å². The molecule has 4 rings (SSSR count). The van der Waals surface area contributed by atoms with E-state index < -0.39 is 0 Å². The minimum Gasteiger partial charge on any atom is -0.314 e. The predicted octanol–water partition coefficient (Wildman–Crippen LogP) is 2.08. The van der Waals surface area contributed by atoms with E-state index in [1.807, 2.05) is 0 Å². The molecule has 4 saturated heterocycles. The number of nitrogens with zero attached hydrogens (tertiary/aromatic N) is 2. The second kappa shape index (κ2) is 5.94. The third-order valence-electron chi connectivity index (χ3n) is 6.55. The third-order valence-corrected chi connectivity index (χ3v) is 6.55. The molecular weight excluding hydrogens is 246 g/mol. The van der Waals surface area contributed by atoms with Gasteiger partial charge in [0, 0.05) is 18.1 Å². The van der Waals surface area contributed by atoms with Gasteiger partial charge < -0.3 is 15.1 Å². The maximum Gasteiger partial charge on any atom is 0.0122 e. The molecule has 0 aliphatic carbocycles. The molecule has 0 bridgehead atoms. The Morgan fingerprint density at radius 2 is 1.45 bits per heavy atom. The van der Waals surface area contributed by atoms with Crippen molar-refractivity contribution in [2.75, 3.05) is 32.7 Å². The van der Waals surface area contributed by atoms with Gasteiger partial charge in [0.2, 0.25) is 0 Å². The molecule has 20 heavy (non-hydrogen) atoms. The van der Waals surface area contributed by atoms with Crippen molar-refractivity contribution in [1.29, 1.82) is 0 Å². The number of hydrogen-bond acceptors (Lipinski definition) is 3. The Bertz CT molecular complexity index is 318. The maximum atomic E-state index is 3.73. The first-order valence-corrected chi connectivity index (χ1v) is 9.11. The molecule has 3 atom stereocenters. The highest BCUT2D eigenvalue weighted by molar-refractivity contribution is 4.93. The standard InChI is InChI=1S/C17H31N3/c1-4-17(18-8-1)14-5-10-20(11-6-14)16-7-12-19-9-2-3-15(19)13-16/h14-18H,1-13H2. The molecular formula is C17H31N3. The van der Waals surface area contributed by atoms with E-state index in [4.69, 9.17) is 0 Å². The molecule has 4 aliphatic heterocycles. The fraction of sp³-hybridized carbons (Fsp3) is 1.00. The van der Waals surface area contributed by atoms with Crippen LogP contribution >= 0.6 is 0 Å². The van der Waals surface area contributed by atoms with E-state index in [9.17, 15) is 0 Å². The molecule has 114 valence electrons. The smallest absolute Gasteiger partial charge is 0.0122 e. The Labute approximate surface area is 124 Å². The molecule has 0 radical (unpaired) electrons. The second-order valence-corrected chi connectivity index (χ2v) is 7.59. The minimum absolute atomic E-state index is 0.855. The van der Waals surface area contributed by atoms with Crippen LogP contribution in [-0.4, -0.2) is 60.6 Å². The van der Waals surface area contributed by atoms with Gasteiger partial charge >= 0.3 is 0 Å². The van der Waals surface area contributed by atoms with Crippen molar-refractivity contribution >= 4 is 0 Å². The normalized spacial score (nSPS) is 41.1. The fourth-order valence-corrected chi connectivity index (χ4v) is 5.34. The van der Waals surface area contributed by atoms with E-state index >= 15 is 0 Å². The molecule has 3 unspecified atom stereocenters. The van der Waals surface area contributed by atoms with Crippen LogP contribution in [-0.2, 0) is 0 Å². The number of piperidine rings is 2. The van der Waals surface area contributed by atoms with Crippen molar-refractivity contribution in [3.05, 3.63) is 0 Å². The third kappa shape index (κ3) is 2.65. The van der Waals surface area contributed by atoms with Crippen LogP contribution in [0.5, 0.6) is 0 Å². The highest BCUT2D eigenvalue weighted by Crippen LogP contribution is 2.32. The second-order valence-electron chi connectivity index (χ2n) is 7.59. The highest BCUT2D eigenvalue weighted by atomic mass is 15.2. The van der Waals surface area contributed by atoms with E-state index in [0.29, 0.717) is 0 Å². The molecule has 0 saturated carbocycles. The lowest BCUT2D eigenvalue weighted by molar-refractivity contribution is 0.0574. The Kier molecular flexibility index (Phi) is 4.02. The molecule has 1 N–H and O–H groups in total. The monoisotopic (exact) mass is 277 g/mol. The molecule has 4 heterocycles. The zero-order chi connectivity index (χ0) is 13.4. The van der Waals surface area contributed by atoms with Crippen molar-refractivity contribution in [1.82, 2.24) is 15.1 Å². The summed E-state index contributed by atoms with van der Waals surface area (Å²) in [4.78, 5) is 5.60. The minimum atomic E-state index is 0.855. The summed E-state index contributed by atoms with van der Waals surface area (Å²) in [5, 5.41) is 3.73. The van der Waals surface area contributed by atoms with Crippen LogP contribution in [0.15, 0.2) is 0 Å². The van der Waals surface area contributed by atoms with Gasteiger partial charge in [0.05, 0.1) is 0 Å². The van der Waals surface area contributed by atoms with E-state index in [1.54, 1.807) is 0 Å². The SMILES string of the molecule is C1CNC(C2CCN(C3CCN4CCCC4C3)CC2)C1. The van der Waals surface area contributed by atoms with Crippen LogP contribution < -0.4 is 5.32 Å². The molecule has 0 aromatic rings. The van der Waals surface area contributed by atoms with E-state index in [2.05, 4.69) is 15.1 Å². The largest absolute Gasteiger partial charge is 0.314 e. The van der Waals surface area contributed by atoms with Crippen molar-refractivity contribution in [2.24, 2.45) is 5.92 Å². The highest BCUT2D eigenvalue weighted by Gasteiger charge is 2.36. The molecule has 0 aromatic carbocycles. The number of hydrogen-bond donors (Lipinski definition) is 1. The van der Waals surface area contributed by atoms with Gasteiger partial charge in [-0.3, -0.25) is 0 Å². The van der Waals surface area contributed by atoms with Crippen molar-refractivity contribution < 1.29 is 0 Å². The summed E-state index contributed by atoms with van der Waals surface area (Å²) in [6.07, 6.45) is 11.6. The van der Waals surface area contributed by atoms with Crippen LogP contribution in [0.3, 0.4) is 0 Å². The van der Waals surface area contributed by atoms with Crippen molar-refractivity contribution in [3.63, 3.8) is 0 Å². The lowest BCUT2D eigenvalue weighted by Crippen LogP contribution is -2.51. The van der Waals surface area contributed by atoms with Crippen molar-refractivity contribution in [2.45, 2.75) is 69.5 Å².